The van der Waals surface area contributed by atoms with Crippen molar-refractivity contribution in [3.05, 3.63) is 64.8 Å². The molecule has 158 valence electrons. The summed E-state index contributed by atoms with van der Waals surface area (Å²) in [7, 11) is 5.68. The van der Waals surface area contributed by atoms with Gasteiger partial charge in [0, 0.05) is 42.7 Å². The van der Waals surface area contributed by atoms with Gasteiger partial charge in [-0.3, -0.25) is 14.7 Å². The molecular weight excluding hydrogens is 390 g/mol. The molecule has 0 saturated carbocycles. The van der Waals surface area contributed by atoms with Gasteiger partial charge in [-0.05, 0) is 56.8 Å². The summed E-state index contributed by atoms with van der Waals surface area (Å²) in [6.45, 7) is 1.49. The maximum atomic E-state index is 13.0. The Balaban J connectivity index is 1.63. The first-order valence-corrected chi connectivity index (χ1v) is 10.2. The highest BCUT2D eigenvalue weighted by Crippen LogP contribution is 2.21. The van der Waals surface area contributed by atoms with Crippen molar-refractivity contribution in [2.45, 2.75) is 12.5 Å². The number of aromatic amines is 1. The molecule has 1 aliphatic rings. The van der Waals surface area contributed by atoms with Crippen molar-refractivity contribution < 1.29 is 9.59 Å². The van der Waals surface area contributed by atoms with Crippen molar-refractivity contribution in [2.75, 3.05) is 34.2 Å². The van der Waals surface area contributed by atoms with Crippen LogP contribution >= 0.6 is 0 Å². The van der Waals surface area contributed by atoms with Crippen LogP contribution in [0.2, 0.25) is 0 Å². The fourth-order valence-electron chi connectivity index (χ4n) is 3.82. The summed E-state index contributed by atoms with van der Waals surface area (Å²) in [4.78, 5) is 29.2. The third-order valence-electron chi connectivity index (χ3n) is 5.70. The predicted molar refractivity (Wildman–Crippen MR) is 120 cm³/mol. The monoisotopic (exact) mass is 415 g/mol. The van der Waals surface area contributed by atoms with Crippen molar-refractivity contribution in [3.63, 3.8) is 0 Å². The number of fused-ring (bicyclic) bond motifs is 1. The smallest absolute Gasteiger partial charge is 0.253 e. The molecule has 1 fully saturated rings. The number of aromatic nitrogens is 2. The molecule has 2 aromatic carbocycles. The van der Waals surface area contributed by atoms with Gasteiger partial charge >= 0.3 is 0 Å². The lowest BCUT2D eigenvalue weighted by Crippen LogP contribution is -2.34. The summed E-state index contributed by atoms with van der Waals surface area (Å²) in [5.41, 5.74) is 3.13. The Labute approximate surface area is 181 Å². The minimum Gasteiger partial charge on any atom is -0.355 e. The van der Waals surface area contributed by atoms with E-state index in [1.165, 1.54) is 0 Å². The van der Waals surface area contributed by atoms with Crippen molar-refractivity contribution in [2.24, 2.45) is 0 Å². The van der Waals surface area contributed by atoms with Crippen LogP contribution in [0.1, 0.15) is 38.4 Å². The molecule has 7 heteroatoms. The van der Waals surface area contributed by atoms with Gasteiger partial charge in [0.1, 0.15) is 5.69 Å². The summed E-state index contributed by atoms with van der Waals surface area (Å²) < 4.78 is 0. The Hall–Kier alpha value is -3.63. The number of nitrogens with one attached hydrogen (secondary N) is 2. The number of likely N-dealkylation sites (tertiary alicyclic amines) is 1. The minimum atomic E-state index is -0.186. The van der Waals surface area contributed by atoms with E-state index in [4.69, 9.17) is 0 Å². The number of hydrogen-bond donors (Lipinski definition) is 2. The van der Waals surface area contributed by atoms with E-state index in [2.05, 4.69) is 32.3 Å². The molecule has 1 saturated heterocycles. The fourth-order valence-corrected chi connectivity index (χ4v) is 3.82. The lowest BCUT2D eigenvalue weighted by Gasteiger charge is -2.20. The van der Waals surface area contributed by atoms with E-state index in [1.54, 1.807) is 25.2 Å². The molecule has 0 bridgehead atoms. The van der Waals surface area contributed by atoms with Gasteiger partial charge in [-0.1, -0.05) is 18.1 Å². The number of benzene rings is 2. The number of rotatable bonds is 3. The number of carbonyl (C=O) groups excluding carboxylic acids is 2. The maximum absolute atomic E-state index is 13.0. The van der Waals surface area contributed by atoms with Gasteiger partial charge in [0.25, 0.3) is 11.8 Å². The van der Waals surface area contributed by atoms with Crippen LogP contribution in [0.5, 0.6) is 0 Å². The van der Waals surface area contributed by atoms with Crippen LogP contribution in [-0.4, -0.2) is 72.1 Å². The first-order valence-electron chi connectivity index (χ1n) is 10.2. The SMILES string of the molecule is CNC(=O)c1ccccc1C#Cc1[nH]nc2ccc(C(=O)N3CC[C@H](N(C)C)C3)cc12. The summed E-state index contributed by atoms with van der Waals surface area (Å²) in [5, 5.41) is 10.7. The normalized spacial score (nSPS) is 15.7. The van der Waals surface area contributed by atoms with Crippen molar-refractivity contribution in [1.29, 1.82) is 0 Å². The second kappa shape index (κ2) is 8.62. The Bertz CT molecular complexity index is 1200. The highest BCUT2D eigenvalue weighted by atomic mass is 16.2. The van der Waals surface area contributed by atoms with E-state index in [0.29, 0.717) is 28.4 Å². The van der Waals surface area contributed by atoms with Gasteiger partial charge in [0.2, 0.25) is 0 Å². The molecule has 0 spiro atoms. The number of likely N-dealkylation sites (N-methyl/N-ethyl adjacent to an activating group) is 1. The second-order valence-corrected chi connectivity index (χ2v) is 7.86. The molecule has 31 heavy (non-hydrogen) atoms. The van der Waals surface area contributed by atoms with Crippen LogP contribution in [0.15, 0.2) is 42.5 Å². The zero-order valence-electron chi connectivity index (χ0n) is 17.9. The number of amides is 2. The Morgan fingerprint density at radius 2 is 2.00 bits per heavy atom. The van der Waals surface area contributed by atoms with E-state index in [1.807, 2.05) is 43.3 Å². The van der Waals surface area contributed by atoms with Crippen LogP contribution < -0.4 is 5.32 Å². The van der Waals surface area contributed by atoms with Crippen LogP contribution in [0.4, 0.5) is 0 Å². The average Bonchev–Trinajstić information content (AvgIpc) is 3.44. The minimum absolute atomic E-state index is 0.0244. The lowest BCUT2D eigenvalue weighted by atomic mass is 10.1. The third kappa shape index (κ3) is 4.16. The fraction of sp³-hybridized carbons (Fsp3) is 0.292. The molecule has 2 N–H and O–H groups in total. The molecule has 0 unspecified atom stereocenters. The average molecular weight is 415 g/mol. The summed E-state index contributed by atoms with van der Waals surface area (Å²) >= 11 is 0. The van der Waals surface area contributed by atoms with E-state index in [0.717, 1.165) is 30.4 Å². The van der Waals surface area contributed by atoms with Crippen molar-refractivity contribution >= 4 is 22.7 Å². The first kappa shape index (κ1) is 20.6. The highest BCUT2D eigenvalue weighted by molar-refractivity contribution is 5.99. The van der Waals surface area contributed by atoms with Gasteiger partial charge in [0.15, 0.2) is 0 Å². The topological polar surface area (TPSA) is 81.3 Å². The zero-order chi connectivity index (χ0) is 22.0. The Kier molecular flexibility index (Phi) is 5.74. The molecule has 2 amide bonds. The molecule has 1 atom stereocenters. The largest absolute Gasteiger partial charge is 0.355 e. The van der Waals surface area contributed by atoms with Crippen LogP contribution in [0.3, 0.4) is 0 Å². The number of nitrogens with zero attached hydrogens (tertiary/aromatic N) is 3. The van der Waals surface area contributed by atoms with E-state index in [-0.39, 0.29) is 11.8 Å². The van der Waals surface area contributed by atoms with Crippen LogP contribution in [0, 0.1) is 11.8 Å². The first-order chi connectivity index (χ1) is 15.0. The van der Waals surface area contributed by atoms with Gasteiger partial charge in [0.05, 0.1) is 11.1 Å². The van der Waals surface area contributed by atoms with Gasteiger partial charge in [-0.2, -0.15) is 5.10 Å². The van der Waals surface area contributed by atoms with Crippen LogP contribution in [-0.2, 0) is 0 Å². The van der Waals surface area contributed by atoms with Gasteiger partial charge < -0.3 is 15.1 Å². The number of H-pyrrole nitrogens is 1. The summed E-state index contributed by atoms with van der Waals surface area (Å²) in [5.74, 6) is 5.98. The highest BCUT2D eigenvalue weighted by Gasteiger charge is 2.28. The summed E-state index contributed by atoms with van der Waals surface area (Å²) in [6.07, 6.45) is 0.980. The number of carbonyl (C=O) groups is 2. The quantitative estimate of drug-likeness (QED) is 0.642. The van der Waals surface area contributed by atoms with Gasteiger partial charge in [-0.15, -0.1) is 0 Å². The lowest BCUT2D eigenvalue weighted by molar-refractivity contribution is 0.0783. The van der Waals surface area contributed by atoms with E-state index < -0.39 is 0 Å². The Morgan fingerprint density at radius 1 is 1.19 bits per heavy atom. The molecule has 7 nitrogen and oxygen atoms in total. The molecular formula is C24H25N5O2. The summed E-state index contributed by atoms with van der Waals surface area (Å²) in [6, 6.07) is 13.1. The van der Waals surface area contributed by atoms with Gasteiger partial charge in [-0.25, -0.2) is 0 Å². The molecule has 4 rings (SSSR count). The maximum Gasteiger partial charge on any atom is 0.253 e. The molecule has 2 heterocycles. The third-order valence-corrected chi connectivity index (χ3v) is 5.70. The van der Waals surface area contributed by atoms with E-state index >= 15 is 0 Å². The standard InChI is InChI=1S/C24H25N5O2/c1-25-23(30)19-7-5-4-6-16(19)8-10-21-20-14-17(9-11-22(20)27-26-21)24(31)29-13-12-18(15-29)28(2)3/h4-7,9,11,14,18H,12-13,15H2,1-3H3,(H,25,30)(H,26,27)/t18-/m0/s1. The van der Waals surface area contributed by atoms with E-state index in [9.17, 15) is 9.59 Å². The molecule has 0 aliphatic carbocycles. The molecule has 3 aromatic rings. The zero-order valence-corrected chi connectivity index (χ0v) is 17.9. The molecule has 1 aliphatic heterocycles. The molecule has 1 aromatic heterocycles. The Morgan fingerprint density at radius 3 is 2.74 bits per heavy atom. The predicted octanol–water partition coefficient (Wildman–Crippen LogP) is 2.10. The van der Waals surface area contributed by atoms with Crippen molar-refractivity contribution in [1.82, 2.24) is 25.3 Å². The number of hydrogen-bond acceptors (Lipinski definition) is 4. The van der Waals surface area contributed by atoms with Crippen molar-refractivity contribution in [3.8, 4) is 11.8 Å². The second-order valence-electron chi connectivity index (χ2n) is 7.86. The van der Waals surface area contributed by atoms with Crippen LogP contribution in [0.25, 0.3) is 10.9 Å². The molecule has 0 radical (unpaired) electrons.